The van der Waals surface area contributed by atoms with Crippen molar-refractivity contribution in [1.29, 1.82) is 0 Å². The summed E-state index contributed by atoms with van der Waals surface area (Å²) >= 11 is 0. The number of furan rings is 1. The van der Waals surface area contributed by atoms with Gasteiger partial charge < -0.3 is 4.42 Å². The molecule has 0 radical (unpaired) electrons. The van der Waals surface area contributed by atoms with Crippen LogP contribution in [-0.4, -0.2) is 4.98 Å². The lowest BCUT2D eigenvalue weighted by Crippen LogP contribution is -1.86. The maximum absolute atomic E-state index is 6.04. The Kier molecular flexibility index (Phi) is 2.18. The lowest BCUT2D eigenvalue weighted by Gasteiger charge is -2.05. The summed E-state index contributed by atoms with van der Waals surface area (Å²) in [5.74, 6) is 0. The molecule has 5 rings (SSSR count). The molecule has 0 saturated heterocycles. The van der Waals surface area contributed by atoms with E-state index in [0.717, 1.165) is 33.1 Å². The predicted octanol–water partition coefficient (Wildman–Crippen LogP) is 5.60. The number of hydrogen-bond donors (Lipinski definition) is 0. The van der Waals surface area contributed by atoms with E-state index in [1.807, 2.05) is 19.1 Å². The second-order valence-corrected chi connectivity index (χ2v) is 5.72. The van der Waals surface area contributed by atoms with Crippen molar-refractivity contribution in [1.82, 2.24) is 4.98 Å². The first-order chi connectivity index (χ1) is 10.8. The third kappa shape index (κ3) is 1.47. The number of hydrogen-bond acceptors (Lipinski definition) is 2. The monoisotopic (exact) mass is 283 g/mol. The number of aromatic nitrogens is 1. The van der Waals surface area contributed by atoms with Gasteiger partial charge in [-0.3, -0.25) is 0 Å². The Hall–Kier alpha value is -2.87. The fraction of sp³-hybridized carbons (Fsp3) is 0.0500. The van der Waals surface area contributed by atoms with Gasteiger partial charge in [-0.15, -0.1) is 0 Å². The standard InChI is InChI=1S/C20H13NO/c1-12-20-19(15-8-4-5-9-18(15)22-20)16-10-13-6-2-3-7-14(13)11-17(16)21-12/h2-11H,1H3. The van der Waals surface area contributed by atoms with Crippen LogP contribution in [0, 0.1) is 6.92 Å². The van der Waals surface area contributed by atoms with E-state index in [1.165, 1.54) is 16.2 Å². The molecule has 5 aromatic rings. The third-order valence-electron chi connectivity index (χ3n) is 4.35. The molecule has 0 spiro atoms. The van der Waals surface area contributed by atoms with Gasteiger partial charge in [0.2, 0.25) is 0 Å². The number of nitrogens with zero attached hydrogens (tertiary/aromatic N) is 1. The first kappa shape index (κ1) is 11.8. The minimum atomic E-state index is 0.893. The zero-order valence-electron chi connectivity index (χ0n) is 12.1. The van der Waals surface area contributed by atoms with Crippen LogP contribution in [0.2, 0.25) is 0 Å². The summed E-state index contributed by atoms with van der Waals surface area (Å²) in [6.07, 6.45) is 0. The smallest absolute Gasteiger partial charge is 0.157 e. The molecule has 0 saturated carbocycles. The molecule has 0 aliphatic heterocycles. The summed E-state index contributed by atoms with van der Waals surface area (Å²) < 4.78 is 6.04. The molecule has 2 nitrogen and oxygen atoms in total. The molecule has 3 aromatic carbocycles. The minimum Gasteiger partial charge on any atom is -0.454 e. The second-order valence-electron chi connectivity index (χ2n) is 5.72. The summed E-state index contributed by atoms with van der Waals surface area (Å²) in [5, 5.41) is 5.93. The Labute approximate surface area is 127 Å². The van der Waals surface area contributed by atoms with Crippen LogP contribution in [0.5, 0.6) is 0 Å². The van der Waals surface area contributed by atoms with Crippen molar-refractivity contribution in [2.45, 2.75) is 6.92 Å². The van der Waals surface area contributed by atoms with Crippen molar-refractivity contribution in [2.24, 2.45) is 0 Å². The van der Waals surface area contributed by atoms with E-state index in [1.54, 1.807) is 0 Å². The van der Waals surface area contributed by atoms with Gasteiger partial charge in [-0.1, -0.05) is 42.5 Å². The van der Waals surface area contributed by atoms with E-state index in [0.29, 0.717) is 0 Å². The molecule has 104 valence electrons. The lowest BCUT2D eigenvalue weighted by atomic mass is 10.0. The van der Waals surface area contributed by atoms with Crippen molar-refractivity contribution in [3.8, 4) is 0 Å². The largest absolute Gasteiger partial charge is 0.454 e. The van der Waals surface area contributed by atoms with E-state index in [2.05, 4.69) is 48.5 Å². The van der Waals surface area contributed by atoms with Crippen molar-refractivity contribution in [2.75, 3.05) is 0 Å². The van der Waals surface area contributed by atoms with Gasteiger partial charge >= 0.3 is 0 Å². The Balaban J connectivity index is 2.11. The number of benzene rings is 3. The maximum Gasteiger partial charge on any atom is 0.157 e. The van der Waals surface area contributed by atoms with Crippen LogP contribution in [0.4, 0.5) is 0 Å². The molecule has 2 heterocycles. The first-order valence-corrected chi connectivity index (χ1v) is 7.41. The molecule has 2 heteroatoms. The van der Waals surface area contributed by atoms with E-state index < -0.39 is 0 Å². The molecule has 0 amide bonds. The highest BCUT2D eigenvalue weighted by Gasteiger charge is 2.14. The highest BCUT2D eigenvalue weighted by molar-refractivity contribution is 6.20. The number of aryl methyl sites for hydroxylation is 1. The molecule has 0 bridgehead atoms. The SMILES string of the molecule is Cc1nc2cc3ccccc3cc2c2c1oc1ccccc12. The molecular weight excluding hydrogens is 270 g/mol. The van der Waals surface area contributed by atoms with Crippen LogP contribution in [0.15, 0.2) is 65.1 Å². The molecule has 0 N–H and O–H groups in total. The van der Waals surface area contributed by atoms with Crippen LogP contribution in [0.25, 0.3) is 43.6 Å². The van der Waals surface area contributed by atoms with E-state index in [9.17, 15) is 0 Å². The maximum atomic E-state index is 6.04. The Morgan fingerprint density at radius 3 is 2.41 bits per heavy atom. The first-order valence-electron chi connectivity index (χ1n) is 7.41. The van der Waals surface area contributed by atoms with E-state index >= 15 is 0 Å². The highest BCUT2D eigenvalue weighted by Crippen LogP contribution is 2.36. The average Bonchev–Trinajstić information content (AvgIpc) is 2.94. The van der Waals surface area contributed by atoms with Gasteiger partial charge in [-0.25, -0.2) is 4.98 Å². The fourth-order valence-corrected chi connectivity index (χ4v) is 3.32. The quantitative estimate of drug-likeness (QED) is 0.346. The number of rotatable bonds is 0. The topological polar surface area (TPSA) is 26.0 Å². The normalized spacial score (nSPS) is 11.9. The molecular formula is C20H13NO. The summed E-state index contributed by atoms with van der Waals surface area (Å²) in [7, 11) is 0. The van der Waals surface area contributed by atoms with Crippen molar-refractivity contribution in [3.05, 3.63) is 66.4 Å². The fourth-order valence-electron chi connectivity index (χ4n) is 3.32. The highest BCUT2D eigenvalue weighted by atomic mass is 16.3. The zero-order valence-corrected chi connectivity index (χ0v) is 12.1. The van der Waals surface area contributed by atoms with Crippen LogP contribution in [0.3, 0.4) is 0 Å². The van der Waals surface area contributed by atoms with Crippen molar-refractivity contribution < 1.29 is 4.42 Å². The van der Waals surface area contributed by atoms with Crippen LogP contribution in [-0.2, 0) is 0 Å². The second kappa shape index (κ2) is 4.08. The Bertz CT molecular complexity index is 1180. The zero-order chi connectivity index (χ0) is 14.7. The molecule has 0 fully saturated rings. The molecule has 0 aliphatic carbocycles. The van der Waals surface area contributed by atoms with Crippen molar-refractivity contribution >= 4 is 43.6 Å². The molecule has 0 atom stereocenters. The molecule has 0 unspecified atom stereocenters. The van der Waals surface area contributed by atoms with Crippen LogP contribution >= 0.6 is 0 Å². The van der Waals surface area contributed by atoms with Crippen LogP contribution < -0.4 is 0 Å². The minimum absolute atomic E-state index is 0.893. The molecule has 22 heavy (non-hydrogen) atoms. The van der Waals surface area contributed by atoms with Gasteiger partial charge in [0.05, 0.1) is 11.2 Å². The van der Waals surface area contributed by atoms with Gasteiger partial charge in [0, 0.05) is 16.2 Å². The van der Waals surface area contributed by atoms with Gasteiger partial charge in [-0.05, 0) is 35.9 Å². The van der Waals surface area contributed by atoms with Gasteiger partial charge in [0.25, 0.3) is 0 Å². The lowest BCUT2D eigenvalue weighted by molar-refractivity contribution is 0.663. The predicted molar refractivity (Wildman–Crippen MR) is 91.3 cm³/mol. The van der Waals surface area contributed by atoms with Crippen LogP contribution in [0.1, 0.15) is 5.69 Å². The third-order valence-corrected chi connectivity index (χ3v) is 4.35. The number of para-hydroxylation sites is 1. The van der Waals surface area contributed by atoms with Crippen molar-refractivity contribution in [3.63, 3.8) is 0 Å². The summed E-state index contributed by atoms with van der Waals surface area (Å²) in [4.78, 5) is 4.76. The Morgan fingerprint density at radius 1 is 0.818 bits per heavy atom. The average molecular weight is 283 g/mol. The van der Waals surface area contributed by atoms with E-state index in [-0.39, 0.29) is 0 Å². The number of pyridine rings is 1. The van der Waals surface area contributed by atoms with E-state index in [4.69, 9.17) is 9.40 Å². The molecule has 2 aromatic heterocycles. The number of fused-ring (bicyclic) bond motifs is 6. The van der Waals surface area contributed by atoms with Gasteiger partial charge in [0.1, 0.15) is 5.58 Å². The summed E-state index contributed by atoms with van der Waals surface area (Å²) in [6.45, 7) is 2.01. The summed E-state index contributed by atoms with van der Waals surface area (Å²) in [5.41, 5.74) is 3.77. The van der Waals surface area contributed by atoms with Gasteiger partial charge in [0.15, 0.2) is 5.58 Å². The molecule has 0 aliphatic rings. The van der Waals surface area contributed by atoms with Gasteiger partial charge in [-0.2, -0.15) is 0 Å². The Morgan fingerprint density at radius 2 is 1.55 bits per heavy atom. The summed E-state index contributed by atoms with van der Waals surface area (Å²) in [6, 6.07) is 21.0.